The van der Waals surface area contributed by atoms with Crippen LogP contribution in [-0.2, 0) is 157 Å². The SMILES string of the molecule is CCC[C@@H](OC=O)[n+]1cc2n(n1)C1CC[N+](CCc3ccc(NS(=O)[O-])cc3)(C2)Cc2c[n+]([C@@H](CCOC=O)C(=O)O)nn21.NCCCC[n+]1cc2n(c1)C1CC[N+](CCc3ccc(NS(=O)[O-])cc3)(C2)Cc2c[n+](CCCCN)nn21.O=COC[n+]1cc2n(c1)C1n3n[n+](CC(=O)O)cc3C[N+]1(CCc1ccc(NS(=O)[O-])cc1)C2. The summed E-state index contributed by atoms with van der Waals surface area (Å²) in [5.74, 6) is -2.05. The van der Waals surface area contributed by atoms with Crippen LogP contribution in [-0.4, -0.2) is 182 Å². The predicted octanol–water partition coefficient (Wildman–Crippen LogP) is -0.716. The Morgan fingerprint density at radius 2 is 1.04 bits per heavy atom. The summed E-state index contributed by atoms with van der Waals surface area (Å²) in [6.45, 7) is 15.2. The van der Waals surface area contributed by atoms with Crippen molar-refractivity contribution in [3.05, 3.63) is 173 Å². The van der Waals surface area contributed by atoms with E-state index in [-0.39, 0.29) is 44.9 Å². The van der Waals surface area contributed by atoms with Gasteiger partial charge in [-0.05, 0) is 103 Å². The van der Waals surface area contributed by atoms with E-state index in [4.69, 9.17) is 46.4 Å². The molecule has 620 valence electrons. The molecule has 6 aliphatic rings. The highest BCUT2D eigenvalue weighted by atomic mass is 32.2. The number of rotatable bonds is 39. The largest absolute Gasteiger partial charge is 0.755 e. The zero-order valence-electron chi connectivity index (χ0n) is 64.4. The first-order chi connectivity index (χ1) is 56.1. The third-order valence-electron chi connectivity index (χ3n) is 22.4. The van der Waals surface area contributed by atoms with Crippen LogP contribution in [0.3, 0.4) is 0 Å². The van der Waals surface area contributed by atoms with Gasteiger partial charge in [-0.3, -0.25) is 27.0 Å². The van der Waals surface area contributed by atoms with Crippen LogP contribution < -0.4 is 53.5 Å². The van der Waals surface area contributed by atoms with Gasteiger partial charge in [0.05, 0.1) is 74.4 Å². The lowest BCUT2D eigenvalue weighted by molar-refractivity contribution is -0.978. The van der Waals surface area contributed by atoms with Crippen molar-refractivity contribution in [1.29, 1.82) is 0 Å². The van der Waals surface area contributed by atoms with Crippen molar-refractivity contribution in [2.45, 2.75) is 180 Å². The summed E-state index contributed by atoms with van der Waals surface area (Å²) in [4.78, 5) is 55.9. The van der Waals surface area contributed by atoms with Crippen LogP contribution in [0.25, 0.3) is 0 Å². The Labute approximate surface area is 675 Å². The normalized spacial score (nSPS) is 20.9. The highest BCUT2D eigenvalue weighted by Gasteiger charge is 2.62. The molecule has 0 radical (unpaired) electrons. The minimum Gasteiger partial charge on any atom is -0.755 e. The average Bonchev–Trinajstić information content (AvgIpc) is 1.54. The Hall–Kier alpha value is -10.5. The minimum atomic E-state index is -2.40. The van der Waals surface area contributed by atoms with Gasteiger partial charge in [0.2, 0.25) is 59.8 Å². The number of carboxylic acids is 2. The van der Waals surface area contributed by atoms with Crippen molar-refractivity contribution >= 4 is 82.2 Å². The Balaban J connectivity index is 0.000000153. The molecule has 0 aliphatic carbocycles. The zero-order valence-corrected chi connectivity index (χ0v) is 66.8. The first kappa shape index (κ1) is 83.5. The van der Waals surface area contributed by atoms with E-state index < -0.39 is 58.0 Å². The van der Waals surface area contributed by atoms with Crippen molar-refractivity contribution in [2.24, 2.45) is 11.5 Å². The number of anilines is 3. The Kier molecular flexibility index (Phi) is 27.1. The number of carboxylic acid groups (broad SMARTS) is 2. The fourth-order valence-corrected chi connectivity index (χ4v) is 18.0. The molecule has 0 spiro atoms. The van der Waals surface area contributed by atoms with E-state index in [1.165, 1.54) is 26.3 Å². The first-order valence-electron chi connectivity index (χ1n) is 38.7. The molecule has 9 aromatic rings. The number of carbonyl (C=O) groups is 5. The number of imidazole rings is 2. The highest BCUT2D eigenvalue weighted by Crippen LogP contribution is 2.43. The number of fused-ring (bicyclic) bond motifs is 19. The Morgan fingerprint density at radius 1 is 0.560 bits per heavy atom. The summed E-state index contributed by atoms with van der Waals surface area (Å²) in [6, 6.07) is 21.2. The summed E-state index contributed by atoms with van der Waals surface area (Å²) in [7, 11) is 0. The lowest BCUT2D eigenvalue weighted by Gasteiger charge is -2.35. The Morgan fingerprint density at radius 3 is 1.59 bits per heavy atom. The van der Waals surface area contributed by atoms with Gasteiger partial charge in [0.25, 0.3) is 44.3 Å². The molecule has 0 saturated carbocycles. The van der Waals surface area contributed by atoms with Gasteiger partial charge in [0.1, 0.15) is 50.3 Å². The molecular weight excluding hydrogens is 1570 g/mol. The number of aryl methyl sites for hydroxylation is 2. The van der Waals surface area contributed by atoms with Gasteiger partial charge in [-0.1, -0.05) is 62.0 Å². The number of ether oxygens (including phenoxy) is 3. The lowest BCUT2D eigenvalue weighted by Crippen LogP contribution is -2.49. The number of nitrogens with one attached hydrogen (secondary N) is 3. The monoisotopic (exact) mass is 1660 g/mol. The molecule has 43 heteroatoms. The summed E-state index contributed by atoms with van der Waals surface area (Å²) >= 11 is -7.08. The second kappa shape index (κ2) is 37.6. The van der Waals surface area contributed by atoms with Crippen molar-refractivity contribution in [1.82, 2.24) is 48.7 Å². The summed E-state index contributed by atoms with van der Waals surface area (Å²) in [5.41, 5.74) is 22.8. The fourth-order valence-electron chi connectivity index (χ4n) is 17.0. The van der Waals surface area contributed by atoms with Crippen molar-refractivity contribution in [3.8, 4) is 0 Å². The molecule has 9 unspecified atom stereocenters. The molecule has 40 nitrogen and oxygen atoms in total. The van der Waals surface area contributed by atoms with E-state index >= 15 is 0 Å². The minimum absolute atomic E-state index is 0.0550. The lowest BCUT2D eigenvalue weighted by atomic mass is 10.1. The van der Waals surface area contributed by atoms with Crippen LogP contribution in [0.1, 0.15) is 146 Å². The molecule has 0 fully saturated rings. The molecule has 0 amide bonds. The number of quaternary nitrogens is 3. The summed E-state index contributed by atoms with van der Waals surface area (Å²) in [5, 5.41) is 38.3. The second-order valence-corrected chi connectivity index (χ2v) is 32.4. The summed E-state index contributed by atoms with van der Waals surface area (Å²) in [6.07, 6.45) is 24.9. The topological polar surface area (TPSA) is 466 Å². The molecule has 9 N–H and O–H groups in total. The molecule has 15 rings (SSSR count). The molecule has 3 aromatic carbocycles. The molecule has 4 bridgehead atoms. The molecule has 6 aromatic heterocycles. The van der Waals surface area contributed by atoms with Gasteiger partial charge in [-0.25, -0.2) is 23.2 Å². The molecule has 116 heavy (non-hydrogen) atoms. The number of carbonyl (C=O) groups excluding carboxylic acids is 3. The van der Waals surface area contributed by atoms with Crippen LogP contribution in [0.5, 0.6) is 0 Å². The van der Waals surface area contributed by atoms with E-state index in [9.17, 15) is 55.4 Å². The van der Waals surface area contributed by atoms with Gasteiger partial charge >= 0.3 is 18.2 Å². The molecule has 6 aliphatic heterocycles. The van der Waals surface area contributed by atoms with E-state index in [2.05, 4.69) is 61.2 Å². The van der Waals surface area contributed by atoms with Gasteiger partial charge in [0.15, 0.2) is 37.9 Å². The van der Waals surface area contributed by atoms with Crippen LogP contribution in [0.4, 0.5) is 17.1 Å². The zero-order chi connectivity index (χ0) is 81.7. The van der Waals surface area contributed by atoms with E-state index in [0.717, 1.165) is 162 Å². The standard InChI is InChI=1S/C27H35N8O8S.C26H41N9O2S.C20H22N7O6S/c1-2-3-26(43-19-37)32-15-23-17-35(11-8-20-4-6-21(7-5-20)28-44(40)41)12-9-25(34(23)30-32)33-22(16-35)14-31(29-33)24(27(38)39)10-13-42-18-36;27-11-1-3-13-31-17-24-19-35(15-9-22-5-7-23(8-6-22)29-38(36)37)16-10-26(33(24)21-31)34-25(20-35)18-32(30-34)14-4-2-12-28;28-14-33-13-23-7-17-10-27(6-5-15-1-3-16(4-2-15)21-34(31)32)11-18-8-24(9-19(29)30)22-26(18)20(27)25(17)12-23/h4-7,14-15,18-19,24-26,28H,2-3,8-13,16-17H2,1H3;5-8,17-18,21,26,29H,1-4,9-16,19-20,27-28H2;1-4,7-8,12,14,20-21H,5-6,9-11,13H2/q+1;+2;+1/p+2/t24-,25?,26+,35?;;/m0../s1. The third-order valence-corrected chi connectivity index (χ3v) is 23.6. The number of unbranched alkanes of at least 4 members (excludes halogenated alkanes) is 2. The number of aromatic nitrogens is 16. The fraction of sp³-hybridized carbons (Fsp3) is 0.493. The second-order valence-electron chi connectivity index (χ2n) is 30.3. The molecule has 0 saturated heterocycles. The number of benzene rings is 3. The van der Waals surface area contributed by atoms with Gasteiger partial charge < -0.3 is 72.7 Å². The average molecular weight is 1670 g/mol. The quantitative estimate of drug-likeness (QED) is 0.00624. The number of hydrogen-bond donors (Lipinski definition) is 7. The van der Waals surface area contributed by atoms with Crippen LogP contribution in [0.15, 0.2) is 123 Å². The van der Waals surface area contributed by atoms with Gasteiger partial charge in [-0.15, -0.1) is 18.6 Å². The van der Waals surface area contributed by atoms with Gasteiger partial charge in [-0.2, -0.15) is 4.57 Å². The predicted molar refractivity (Wildman–Crippen MR) is 403 cm³/mol. The smallest absolute Gasteiger partial charge is 0.400 e. The number of aliphatic carboxylic acids is 2. The van der Waals surface area contributed by atoms with Crippen LogP contribution in [0.2, 0.25) is 0 Å². The number of nitrogens with zero attached hydrogens (tertiary/aromatic N) is 19. The molecule has 11 atom stereocenters. The summed E-state index contributed by atoms with van der Waals surface area (Å²) < 4.78 is 113. The number of hydrogen-bond acceptors (Lipinski definition) is 20. The maximum absolute atomic E-state index is 12.2. The van der Waals surface area contributed by atoms with Crippen molar-refractivity contribution in [2.75, 3.05) is 66.6 Å². The highest BCUT2D eigenvalue weighted by molar-refractivity contribution is 7.81. The van der Waals surface area contributed by atoms with Gasteiger partial charge in [0, 0.05) is 83.0 Å². The number of nitrogens with two attached hydrogens (primary N) is 2. The van der Waals surface area contributed by atoms with E-state index in [1.807, 2.05) is 88.2 Å². The van der Waals surface area contributed by atoms with Crippen molar-refractivity contribution in [3.63, 3.8) is 0 Å². The molecular formula is C73H100N24O16S3+6. The molecule has 12 heterocycles. The Bertz CT molecular complexity index is 4940. The third kappa shape index (κ3) is 19.8. The maximum atomic E-state index is 12.2. The maximum Gasteiger partial charge on any atom is 0.400 e. The first-order valence-corrected chi connectivity index (χ1v) is 41.9. The van der Waals surface area contributed by atoms with Crippen molar-refractivity contribution < 1.29 is 116 Å². The van der Waals surface area contributed by atoms with E-state index in [1.54, 1.807) is 45.9 Å². The van der Waals surface area contributed by atoms with Crippen LogP contribution in [0, 0.1) is 0 Å². The van der Waals surface area contributed by atoms with E-state index in [0.29, 0.717) is 90.9 Å². The van der Waals surface area contributed by atoms with Crippen LogP contribution >= 0.6 is 0 Å².